The number of carbonyl (C=O) groups is 2. The zero-order chi connectivity index (χ0) is 42.6. The molecule has 1 saturated heterocycles. The lowest BCUT2D eigenvalue weighted by atomic mass is 9.82. The number of hydrogen-bond acceptors (Lipinski definition) is 10. The van der Waals surface area contributed by atoms with Gasteiger partial charge in [-0.3, -0.25) is 29.3 Å². The van der Waals surface area contributed by atoms with E-state index in [2.05, 4.69) is 10.3 Å². The summed E-state index contributed by atoms with van der Waals surface area (Å²) in [5.41, 5.74) is 2.54. The Bertz CT molecular complexity index is 2650. The molecule has 0 aliphatic carbocycles. The largest absolute Gasteiger partial charge is 0.454 e. The van der Waals surface area contributed by atoms with E-state index in [-0.39, 0.29) is 36.6 Å². The molecule has 6 aromatic rings. The molecule has 15 heteroatoms. The quantitative estimate of drug-likeness (QED) is 0.0744. The first-order valence-electron chi connectivity index (χ1n) is 20.2. The van der Waals surface area contributed by atoms with Gasteiger partial charge in [-0.2, -0.15) is 0 Å². The monoisotopic (exact) mass is 836 g/mol. The normalized spacial score (nSPS) is 21.2. The molecule has 310 valence electrons. The lowest BCUT2D eigenvalue weighted by molar-refractivity contribution is -0.385. The number of benzene rings is 5. The molecule has 3 aliphatic heterocycles. The number of carbonyl (C=O) groups excluding carboxylic acids is 2. The first-order valence-corrected chi connectivity index (χ1v) is 23.3. The van der Waals surface area contributed by atoms with Crippen molar-refractivity contribution in [3.8, 4) is 11.5 Å². The molecule has 1 spiro atoms. The van der Waals surface area contributed by atoms with Crippen molar-refractivity contribution in [1.82, 2.24) is 15.0 Å². The Morgan fingerprint density at radius 1 is 0.902 bits per heavy atom. The summed E-state index contributed by atoms with van der Waals surface area (Å²) in [5, 5.41) is 31.1. The maximum atomic E-state index is 15.1. The zero-order valence-electron chi connectivity index (χ0n) is 33.8. The zero-order valence-corrected chi connectivity index (χ0v) is 34.8. The number of anilines is 3. The minimum Gasteiger partial charge on any atom is -0.454 e. The lowest BCUT2D eigenvalue weighted by Gasteiger charge is -2.32. The van der Waals surface area contributed by atoms with Crippen LogP contribution in [0.15, 0.2) is 128 Å². The number of aliphatic hydroxyl groups excluding tert-OH is 1. The summed E-state index contributed by atoms with van der Waals surface area (Å²) in [6, 6.07) is 35.8. The number of nitro groups is 1. The van der Waals surface area contributed by atoms with Gasteiger partial charge >= 0.3 is 0 Å². The van der Waals surface area contributed by atoms with Crippen molar-refractivity contribution in [3.63, 3.8) is 0 Å². The first-order chi connectivity index (χ1) is 29.4. The number of hydrogen-bond donors (Lipinski definition) is 2. The molecule has 2 N–H and O–H groups in total. The van der Waals surface area contributed by atoms with Crippen molar-refractivity contribution in [2.75, 3.05) is 16.4 Å². The molecular weight excluding hydrogens is 793 g/mol. The van der Waals surface area contributed by atoms with E-state index in [0.29, 0.717) is 58.3 Å². The summed E-state index contributed by atoms with van der Waals surface area (Å²) >= 11 is 0. The third-order valence-corrected chi connectivity index (χ3v) is 14.8. The number of fused-ring (bicyclic) bond motifs is 4. The van der Waals surface area contributed by atoms with Crippen LogP contribution in [0.4, 0.5) is 22.7 Å². The number of aliphatic hydroxyl groups is 1. The standard InChI is InChI=1S/C46H44N6O8Si/c1-29-43(61(2,3)58)42(23-24-49-27-37(47-48-49)35(28-53)31-11-5-4-6-12-31)60-46(29)36-25-33(52(56)57)21-22-38(36)50(45(46)55)26-30-17-19-32(20-18-30)51-39-14-8-10-16-41(39)59-40-15-9-7-13-34(40)44(51)54/h4-22,25,27,29,35,42-43,53,58H,23-24,26,28H2,1-3H3/t29-,35?,42+,43-,46+/m1/s1. The van der Waals surface area contributed by atoms with Crippen LogP contribution in [0.5, 0.6) is 11.5 Å². The summed E-state index contributed by atoms with van der Waals surface area (Å²) in [6.45, 7) is 5.87. The first kappa shape index (κ1) is 39.9. The average Bonchev–Trinajstić information content (AvgIpc) is 3.89. The molecule has 1 unspecified atom stereocenters. The van der Waals surface area contributed by atoms with Crippen molar-refractivity contribution in [2.24, 2.45) is 5.92 Å². The van der Waals surface area contributed by atoms with Gasteiger partial charge in [-0.1, -0.05) is 78.9 Å². The third kappa shape index (κ3) is 6.88. The molecule has 3 aliphatic rings. The second-order valence-electron chi connectivity index (χ2n) is 16.4. The van der Waals surface area contributed by atoms with Crippen molar-refractivity contribution in [3.05, 3.63) is 166 Å². The van der Waals surface area contributed by atoms with E-state index in [9.17, 15) is 24.8 Å². The van der Waals surface area contributed by atoms with Crippen LogP contribution in [0.25, 0.3) is 0 Å². The molecule has 1 fully saturated rings. The average molecular weight is 837 g/mol. The number of aryl methyl sites for hydroxylation is 1. The summed E-state index contributed by atoms with van der Waals surface area (Å²) < 4.78 is 14.8. The Kier molecular flexibility index (Phi) is 10.1. The van der Waals surface area contributed by atoms with Crippen LogP contribution in [-0.4, -0.2) is 62.7 Å². The molecule has 61 heavy (non-hydrogen) atoms. The minimum atomic E-state index is -3.06. The molecule has 0 radical (unpaired) electrons. The van der Waals surface area contributed by atoms with Crippen LogP contribution in [0.3, 0.4) is 0 Å². The molecule has 0 bridgehead atoms. The van der Waals surface area contributed by atoms with E-state index in [4.69, 9.17) is 9.47 Å². The smallest absolute Gasteiger partial charge is 0.269 e. The van der Waals surface area contributed by atoms with Crippen LogP contribution < -0.4 is 14.5 Å². The molecule has 2 amide bonds. The number of nitro benzene ring substituents is 1. The maximum absolute atomic E-state index is 15.1. The van der Waals surface area contributed by atoms with Crippen molar-refractivity contribution >= 4 is 42.9 Å². The fraction of sp³-hybridized carbons (Fsp3) is 0.261. The van der Waals surface area contributed by atoms with Crippen molar-refractivity contribution < 1.29 is 33.9 Å². The summed E-state index contributed by atoms with van der Waals surface area (Å²) in [5.74, 6) is -0.534. The number of amides is 2. The summed E-state index contributed by atoms with van der Waals surface area (Å²) in [6.07, 6.45) is 1.56. The van der Waals surface area contributed by atoms with Gasteiger partial charge in [0.2, 0.25) is 0 Å². The molecule has 0 saturated carbocycles. The Balaban J connectivity index is 1.02. The van der Waals surface area contributed by atoms with Crippen LogP contribution in [0.2, 0.25) is 18.6 Å². The highest BCUT2D eigenvalue weighted by Gasteiger charge is 2.66. The van der Waals surface area contributed by atoms with E-state index < -0.39 is 36.4 Å². The van der Waals surface area contributed by atoms with Gasteiger partial charge in [-0.15, -0.1) is 5.10 Å². The molecule has 4 heterocycles. The Morgan fingerprint density at radius 2 is 1.61 bits per heavy atom. The number of ether oxygens (including phenoxy) is 2. The molecule has 9 rings (SSSR count). The van der Waals surface area contributed by atoms with Gasteiger partial charge < -0.3 is 24.3 Å². The van der Waals surface area contributed by atoms with Gasteiger partial charge in [0.05, 0.1) is 52.7 Å². The number of non-ortho nitro benzene ring substituents is 1. The lowest BCUT2D eigenvalue weighted by Crippen LogP contribution is -2.46. The minimum absolute atomic E-state index is 0.114. The van der Waals surface area contributed by atoms with E-state index in [1.807, 2.05) is 105 Å². The Labute approximate surface area is 352 Å². The second-order valence-corrected chi connectivity index (χ2v) is 20.4. The SMILES string of the molecule is C[C@@H]1[C@@H]([Si](C)(C)O)[C@H](CCn2cc(C(CO)c3ccccc3)nn2)O[C@@]12C(=O)N(Cc1ccc(N3C(=O)c4ccccc4Oc4ccccc43)cc1)c1ccc([N+](=O)[O-])cc12. The number of rotatable bonds is 11. The van der Waals surface area contributed by atoms with Gasteiger partial charge in [0, 0.05) is 47.6 Å². The predicted octanol–water partition coefficient (Wildman–Crippen LogP) is 7.83. The number of aromatic nitrogens is 3. The van der Waals surface area contributed by atoms with Crippen LogP contribution in [0, 0.1) is 16.0 Å². The highest BCUT2D eigenvalue weighted by molar-refractivity contribution is 6.71. The highest BCUT2D eigenvalue weighted by Crippen LogP contribution is 2.60. The van der Waals surface area contributed by atoms with E-state index >= 15 is 4.79 Å². The number of nitrogens with zero attached hydrogens (tertiary/aromatic N) is 6. The maximum Gasteiger partial charge on any atom is 0.269 e. The van der Waals surface area contributed by atoms with Gasteiger partial charge in [-0.25, -0.2) is 0 Å². The van der Waals surface area contributed by atoms with Gasteiger partial charge in [-0.05, 0) is 73.1 Å². The summed E-state index contributed by atoms with van der Waals surface area (Å²) in [7, 11) is -3.06. The Morgan fingerprint density at radius 3 is 2.33 bits per heavy atom. The van der Waals surface area contributed by atoms with Crippen LogP contribution >= 0.6 is 0 Å². The van der Waals surface area contributed by atoms with E-state index in [0.717, 1.165) is 11.1 Å². The fourth-order valence-electron chi connectivity index (χ4n) is 9.50. The van der Waals surface area contributed by atoms with Gasteiger partial charge in [0.25, 0.3) is 17.5 Å². The van der Waals surface area contributed by atoms with Gasteiger partial charge in [0.1, 0.15) is 5.75 Å². The van der Waals surface area contributed by atoms with Crippen molar-refractivity contribution in [1.29, 1.82) is 0 Å². The molecule has 5 aromatic carbocycles. The molecule has 14 nitrogen and oxygen atoms in total. The number of para-hydroxylation sites is 3. The van der Waals surface area contributed by atoms with E-state index in [1.165, 1.54) is 12.1 Å². The Hall–Kier alpha value is -6.52. The third-order valence-electron chi connectivity index (χ3n) is 12.3. The molecule has 1 aromatic heterocycles. The fourth-order valence-corrected chi connectivity index (χ4v) is 12.1. The predicted molar refractivity (Wildman–Crippen MR) is 229 cm³/mol. The second kappa shape index (κ2) is 15.5. The van der Waals surface area contributed by atoms with Crippen LogP contribution in [-0.2, 0) is 28.2 Å². The molecule has 5 atom stereocenters. The molecular formula is C46H44N6O8Si. The highest BCUT2D eigenvalue weighted by atomic mass is 28.4. The van der Waals surface area contributed by atoms with Crippen LogP contribution in [0.1, 0.15) is 52.0 Å². The summed E-state index contributed by atoms with van der Waals surface area (Å²) in [4.78, 5) is 55.9. The van der Waals surface area contributed by atoms with Crippen molar-refractivity contribution in [2.45, 2.75) is 62.7 Å². The van der Waals surface area contributed by atoms with Gasteiger partial charge in [0.15, 0.2) is 19.7 Å². The topological polar surface area (TPSA) is 173 Å². The van der Waals surface area contributed by atoms with E-state index in [1.54, 1.807) is 44.9 Å².